The molecule has 1 atom stereocenters. The first kappa shape index (κ1) is 9.72. The normalized spacial score (nSPS) is 19.9. The average molecular weight is 224 g/mol. The molecular formula is C9H8N2O3S. The van der Waals surface area contributed by atoms with Crippen molar-refractivity contribution in [3.63, 3.8) is 0 Å². The number of rotatable bonds is 1. The lowest BCUT2D eigenvalue weighted by atomic mass is 10.2. The van der Waals surface area contributed by atoms with Gasteiger partial charge < -0.3 is 10.8 Å². The topological polar surface area (TPSA) is 93.3 Å². The van der Waals surface area contributed by atoms with Crippen LogP contribution in [0.25, 0.3) is 6.08 Å². The molecule has 15 heavy (non-hydrogen) atoms. The molecule has 1 aliphatic rings. The zero-order valence-corrected chi connectivity index (χ0v) is 8.44. The second kappa shape index (κ2) is 3.39. The summed E-state index contributed by atoms with van der Waals surface area (Å²) in [7, 11) is -1.15. The lowest BCUT2D eigenvalue weighted by Gasteiger charge is -2.09. The van der Waals surface area contributed by atoms with Gasteiger partial charge in [0.05, 0.1) is 0 Å². The molecule has 1 aliphatic heterocycles. The summed E-state index contributed by atoms with van der Waals surface area (Å²) in [6.45, 7) is 0. The lowest BCUT2D eigenvalue weighted by molar-refractivity contribution is 0.0690. The number of fused-ring (bicyclic) bond motifs is 1. The molecule has 78 valence electrons. The Morgan fingerprint density at radius 2 is 2.20 bits per heavy atom. The number of carbonyl (C=O) groups is 2. The number of hydrogen-bond donors (Lipinski definition) is 3. The molecule has 0 aromatic carbocycles. The van der Waals surface area contributed by atoms with Crippen molar-refractivity contribution < 1.29 is 14.7 Å². The monoisotopic (exact) mass is 224 g/mol. The number of carboxylic acids is 1. The third-order valence-corrected chi connectivity index (χ3v) is 3.85. The summed E-state index contributed by atoms with van der Waals surface area (Å²) in [5.41, 5.74) is 5.89. The molecule has 1 aromatic heterocycles. The van der Waals surface area contributed by atoms with Gasteiger partial charge >= 0.3 is 5.97 Å². The highest BCUT2D eigenvalue weighted by molar-refractivity contribution is 8.32. The van der Waals surface area contributed by atoms with E-state index in [1.54, 1.807) is 11.5 Å². The van der Waals surface area contributed by atoms with Crippen molar-refractivity contribution in [2.45, 2.75) is 4.90 Å². The minimum atomic E-state index is -1.15. The smallest absolute Gasteiger partial charge is 0.354 e. The summed E-state index contributed by atoms with van der Waals surface area (Å²) in [5.74, 6) is -1.08. The first-order valence-corrected chi connectivity index (χ1v) is 5.51. The van der Waals surface area contributed by atoms with Gasteiger partial charge in [-0.15, -0.1) is 10.9 Å². The number of aromatic nitrogens is 1. The van der Waals surface area contributed by atoms with E-state index in [4.69, 9.17) is 10.8 Å². The molecule has 0 saturated carbocycles. The van der Waals surface area contributed by atoms with E-state index >= 15 is 0 Å². The Kier molecular flexibility index (Phi) is 2.20. The van der Waals surface area contributed by atoms with Crippen LogP contribution in [0.4, 0.5) is 4.79 Å². The molecule has 1 unspecified atom stereocenters. The molecule has 3 N–H and O–H groups in total. The van der Waals surface area contributed by atoms with Crippen molar-refractivity contribution in [2.75, 3.05) is 0 Å². The fourth-order valence-corrected chi connectivity index (χ4v) is 2.80. The highest BCUT2D eigenvalue weighted by Gasteiger charge is 2.20. The number of nitrogens with zero attached hydrogens (tertiary/aromatic N) is 1. The van der Waals surface area contributed by atoms with Crippen molar-refractivity contribution in [1.29, 1.82) is 0 Å². The zero-order chi connectivity index (χ0) is 11.0. The summed E-state index contributed by atoms with van der Waals surface area (Å²) in [5, 5.41) is 10.0. The highest BCUT2D eigenvalue weighted by Crippen LogP contribution is 2.45. The summed E-state index contributed by atoms with van der Waals surface area (Å²) >= 11 is 0. The lowest BCUT2D eigenvalue weighted by Crippen LogP contribution is -2.07. The SMILES string of the molecule is NC(=O)[SH]1C=Cc2cc(C(=O)O)ncc21. The van der Waals surface area contributed by atoms with Crippen LogP contribution in [0.3, 0.4) is 0 Å². The molecule has 6 heteroatoms. The number of aromatic carboxylic acids is 1. The molecule has 2 heterocycles. The van der Waals surface area contributed by atoms with Crippen molar-refractivity contribution in [2.24, 2.45) is 5.73 Å². The molecule has 0 radical (unpaired) electrons. The van der Waals surface area contributed by atoms with Gasteiger partial charge in [-0.3, -0.25) is 4.79 Å². The number of primary amides is 1. The molecular weight excluding hydrogens is 216 g/mol. The van der Waals surface area contributed by atoms with Crippen molar-refractivity contribution in [1.82, 2.24) is 4.98 Å². The van der Waals surface area contributed by atoms with E-state index in [1.165, 1.54) is 12.3 Å². The van der Waals surface area contributed by atoms with Crippen LogP contribution in [0.5, 0.6) is 0 Å². The summed E-state index contributed by atoms with van der Waals surface area (Å²) < 4.78 is 0. The van der Waals surface area contributed by atoms with E-state index in [1.807, 2.05) is 0 Å². The van der Waals surface area contributed by atoms with Crippen LogP contribution in [0.15, 0.2) is 22.6 Å². The highest BCUT2D eigenvalue weighted by atomic mass is 32.2. The van der Waals surface area contributed by atoms with E-state index < -0.39 is 22.1 Å². The predicted molar refractivity (Wildman–Crippen MR) is 57.1 cm³/mol. The van der Waals surface area contributed by atoms with Crippen LogP contribution in [-0.4, -0.2) is 21.3 Å². The summed E-state index contributed by atoms with van der Waals surface area (Å²) in [6.07, 6.45) is 3.12. The quantitative estimate of drug-likeness (QED) is 0.625. The molecule has 1 aromatic rings. The van der Waals surface area contributed by atoms with Crippen LogP contribution in [0.2, 0.25) is 0 Å². The molecule has 0 saturated heterocycles. The van der Waals surface area contributed by atoms with Crippen LogP contribution in [0.1, 0.15) is 16.1 Å². The maximum absolute atomic E-state index is 11.0. The molecule has 0 fully saturated rings. The number of amides is 1. The first-order valence-electron chi connectivity index (χ1n) is 4.10. The number of nitrogens with two attached hydrogens (primary N) is 1. The Morgan fingerprint density at radius 1 is 1.47 bits per heavy atom. The van der Waals surface area contributed by atoms with Crippen molar-refractivity contribution >= 4 is 28.2 Å². The largest absolute Gasteiger partial charge is 0.477 e. The molecule has 2 rings (SSSR count). The third-order valence-electron chi connectivity index (χ3n) is 2.03. The van der Waals surface area contributed by atoms with E-state index in [2.05, 4.69) is 4.98 Å². The Balaban J connectivity index is 2.46. The Hall–Kier alpha value is -1.82. The van der Waals surface area contributed by atoms with Gasteiger partial charge in [0.1, 0.15) is 5.69 Å². The average Bonchev–Trinajstić information content (AvgIpc) is 2.59. The second-order valence-electron chi connectivity index (χ2n) is 2.96. The molecule has 0 aliphatic carbocycles. The molecule has 5 nitrogen and oxygen atoms in total. The van der Waals surface area contributed by atoms with Crippen LogP contribution >= 0.6 is 10.9 Å². The predicted octanol–water partition coefficient (Wildman–Crippen LogP) is 1.20. The summed E-state index contributed by atoms with van der Waals surface area (Å²) in [4.78, 5) is 26.2. The van der Waals surface area contributed by atoms with Gasteiger partial charge in [0.25, 0.3) is 5.24 Å². The zero-order valence-electron chi connectivity index (χ0n) is 7.54. The number of hydrogen-bond acceptors (Lipinski definition) is 3. The van der Waals surface area contributed by atoms with E-state index in [0.29, 0.717) is 5.56 Å². The fourth-order valence-electron chi connectivity index (χ4n) is 1.34. The first-order chi connectivity index (χ1) is 7.09. The van der Waals surface area contributed by atoms with Crippen LogP contribution in [-0.2, 0) is 0 Å². The standard InChI is InChI=1S/C9H8N2O3S/c10-9(14)15-2-1-5-3-6(8(12)13)11-4-7(5)15/h1-4,15H,(H2,10,14)(H,12,13). The molecule has 0 spiro atoms. The van der Waals surface area contributed by atoms with Gasteiger partial charge in [0.15, 0.2) is 0 Å². The second-order valence-corrected chi connectivity index (χ2v) is 4.92. The molecule has 0 bridgehead atoms. The van der Waals surface area contributed by atoms with E-state index in [0.717, 1.165) is 4.90 Å². The Bertz CT molecular complexity index is 484. The minimum Gasteiger partial charge on any atom is -0.477 e. The molecule has 1 amide bonds. The number of pyridine rings is 1. The fraction of sp³-hybridized carbons (Fsp3) is 0. The van der Waals surface area contributed by atoms with Crippen LogP contribution < -0.4 is 5.73 Å². The number of thiol groups is 1. The Morgan fingerprint density at radius 3 is 2.80 bits per heavy atom. The minimum absolute atomic E-state index is 0.0280. The van der Waals surface area contributed by atoms with Gasteiger partial charge in [0, 0.05) is 11.1 Å². The van der Waals surface area contributed by atoms with Gasteiger partial charge in [-0.05, 0) is 23.1 Å². The van der Waals surface area contributed by atoms with E-state index in [9.17, 15) is 9.59 Å². The van der Waals surface area contributed by atoms with Crippen molar-refractivity contribution in [3.8, 4) is 0 Å². The van der Waals surface area contributed by atoms with E-state index in [-0.39, 0.29) is 5.69 Å². The number of carboxylic acid groups (broad SMARTS) is 1. The van der Waals surface area contributed by atoms with Crippen molar-refractivity contribution in [3.05, 3.63) is 28.9 Å². The maximum atomic E-state index is 11.0. The maximum Gasteiger partial charge on any atom is 0.354 e. The van der Waals surface area contributed by atoms with Gasteiger partial charge in [-0.25, -0.2) is 9.78 Å². The van der Waals surface area contributed by atoms with Gasteiger partial charge in [0.2, 0.25) is 0 Å². The summed E-state index contributed by atoms with van der Waals surface area (Å²) in [6, 6.07) is 1.44. The Labute approximate surface area is 88.0 Å². The van der Waals surface area contributed by atoms with Crippen LogP contribution in [0, 0.1) is 0 Å². The van der Waals surface area contributed by atoms with Gasteiger partial charge in [-0.2, -0.15) is 0 Å². The van der Waals surface area contributed by atoms with Gasteiger partial charge in [-0.1, -0.05) is 0 Å². The number of carbonyl (C=O) groups excluding carboxylic acids is 1. The third kappa shape index (κ3) is 1.59.